The van der Waals surface area contributed by atoms with E-state index >= 15 is 0 Å². The number of aliphatic hydroxyl groups is 1. The predicted molar refractivity (Wildman–Crippen MR) is 133 cm³/mol. The molecule has 0 bridgehead atoms. The first-order valence-electron chi connectivity index (χ1n) is 12.4. The van der Waals surface area contributed by atoms with E-state index in [-0.39, 0.29) is 29.5 Å². The van der Waals surface area contributed by atoms with Crippen LogP contribution in [0.25, 0.3) is 0 Å². The lowest BCUT2D eigenvalue weighted by Gasteiger charge is -2.43. The molecule has 7 heteroatoms. The van der Waals surface area contributed by atoms with Crippen molar-refractivity contribution < 1.29 is 23.8 Å². The van der Waals surface area contributed by atoms with Gasteiger partial charge in [0, 0.05) is 18.2 Å². The number of amides is 1. The van der Waals surface area contributed by atoms with E-state index in [2.05, 4.69) is 62.6 Å². The second-order valence-corrected chi connectivity index (χ2v) is 11.1. The third kappa shape index (κ3) is 7.24. The van der Waals surface area contributed by atoms with Crippen molar-refractivity contribution in [2.45, 2.75) is 82.9 Å². The van der Waals surface area contributed by atoms with E-state index in [0.717, 1.165) is 43.9 Å². The molecule has 1 fully saturated rings. The Hall–Kier alpha value is -2.51. The highest BCUT2D eigenvalue weighted by Gasteiger charge is 2.38. The van der Waals surface area contributed by atoms with Crippen molar-refractivity contribution in [2.75, 3.05) is 6.54 Å². The fraction of sp³-hybridized carbons (Fsp3) is 0.536. The van der Waals surface area contributed by atoms with Crippen molar-refractivity contribution >= 4 is 6.09 Å². The minimum Gasteiger partial charge on any atom is -0.465 e. The molecule has 3 rings (SSSR count). The van der Waals surface area contributed by atoms with Gasteiger partial charge in [0.2, 0.25) is 0 Å². The van der Waals surface area contributed by atoms with Gasteiger partial charge in [0.15, 0.2) is 0 Å². The van der Waals surface area contributed by atoms with Crippen LogP contribution >= 0.6 is 0 Å². The first-order valence-corrected chi connectivity index (χ1v) is 12.4. The van der Waals surface area contributed by atoms with Gasteiger partial charge in [-0.3, -0.25) is 0 Å². The Morgan fingerprint density at radius 2 is 1.86 bits per heavy atom. The van der Waals surface area contributed by atoms with Gasteiger partial charge in [0.25, 0.3) is 0 Å². The van der Waals surface area contributed by atoms with Crippen LogP contribution in [-0.4, -0.2) is 35.0 Å². The molecule has 4 unspecified atom stereocenters. The van der Waals surface area contributed by atoms with Crippen molar-refractivity contribution in [1.29, 1.82) is 0 Å². The molecule has 2 aromatic rings. The van der Waals surface area contributed by atoms with Crippen molar-refractivity contribution in [3.05, 3.63) is 70.8 Å². The molecule has 0 aliphatic heterocycles. The summed E-state index contributed by atoms with van der Waals surface area (Å²) in [7, 11) is 0. The average Bonchev–Trinajstić information content (AvgIpc) is 2.75. The number of aliphatic hydroxyl groups excluding tert-OH is 1. The molecule has 0 spiro atoms. The third-order valence-electron chi connectivity index (χ3n) is 7.08. The van der Waals surface area contributed by atoms with Crippen LogP contribution in [-0.2, 0) is 17.4 Å². The van der Waals surface area contributed by atoms with E-state index in [1.165, 1.54) is 11.1 Å². The summed E-state index contributed by atoms with van der Waals surface area (Å²) in [6.07, 6.45) is 1.56. The molecule has 1 aliphatic rings. The summed E-state index contributed by atoms with van der Waals surface area (Å²) < 4.78 is 27.3. The third-order valence-corrected chi connectivity index (χ3v) is 7.08. The van der Waals surface area contributed by atoms with E-state index in [0.29, 0.717) is 5.92 Å². The Kier molecular flexibility index (Phi) is 8.54. The van der Waals surface area contributed by atoms with E-state index < -0.39 is 29.9 Å². The van der Waals surface area contributed by atoms with Crippen LogP contribution in [0, 0.1) is 17.6 Å². The Morgan fingerprint density at radius 3 is 2.46 bits per heavy atom. The SMILES string of the molecule is CC1CCCC(NCC(O)C(Cc2cc(F)cc(F)c2)NC(=O)O)(c2cccc(C(C)(C)C)c2)C1. The molecule has 2 aromatic carbocycles. The summed E-state index contributed by atoms with van der Waals surface area (Å²) in [5.74, 6) is -0.985. The van der Waals surface area contributed by atoms with E-state index in [4.69, 9.17) is 0 Å². The maximum Gasteiger partial charge on any atom is 0.404 e. The largest absolute Gasteiger partial charge is 0.465 e. The van der Waals surface area contributed by atoms with Crippen LogP contribution < -0.4 is 10.6 Å². The molecular weight excluding hydrogens is 450 g/mol. The molecule has 4 atom stereocenters. The van der Waals surface area contributed by atoms with Crippen LogP contribution in [0.5, 0.6) is 0 Å². The van der Waals surface area contributed by atoms with Crippen molar-refractivity contribution in [3.8, 4) is 0 Å². The first-order chi connectivity index (χ1) is 16.4. The Morgan fingerprint density at radius 1 is 1.17 bits per heavy atom. The summed E-state index contributed by atoms with van der Waals surface area (Å²) in [4.78, 5) is 11.4. The standard InChI is InChI=1S/C28H38F2N2O3/c1-18-7-6-10-28(16-18,21-9-5-8-20(14-21)27(2,3)4)31-17-25(33)24(32-26(34)35)13-19-11-22(29)15-23(30)12-19/h5,8-9,11-12,14-15,18,24-25,31-33H,6-7,10,13,16-17H2,1-4H3,(H,34,35). The lowest BCUT2D eigenvalue weighted by Crippen LogP contribution is -2.53. The maximum atomic E-state index is 13.7. The zero-order valence-corrected chi connectivity index (χ0v) is 21.1. The average molecular weight is 489 g/mol. The molecule has 35 heavy (non-hydrogen) atoms. The second kappa shape index (κ2) is 11.0. The van der Waals surface area contributed by atoms with Gasteiger partial charge in [0.05, 0.1) is 12.1 Å². The highest BCUT2D eigenvalue weighted by molar-refractivity contribution is 5.65. The number of hydrogen-bond acceptors (Lipinski definition) is 3. The van der Waals surface area contributed by atoms with Crippen molar-refractivity contribution in [3.63, 3.8) is 0 Å². The molecule has 0 heterocycles. The quantitative estimate of drug-likeness (QED) is 0.396. The number of carbonyl (C=O) groups is 1. The number of benzene rings is 2. The van der Waals surface area contributed by atoms with Gasteiger partial charge in [-0.15, -0.1) is 0 Å². The fourth-order valence-electron chi connectivity index (χ4n) is 5.23. The Balaban J connectivity index is 1.84. The normalized spacial score (nSPS) is 22.4. The van der Waals surface area contributed by atoms with Crippen LogP contribution in [0.2, 0.25) is 0 Å². The van der Waals surface area contributed by atoms with Crippen molar-refractivity contribution in [2.24, 2.45) is 5.92 Å². The molecule has 0 saturated heterocycles. The Labute approximate surface area is 207 Å². The molecule has 5 nitrogen and oxygen atoms in total. The van der Waals surface area contributed by atoms with Gasteiger partial charge in [-0.1, -0.05) is 64.8 Å². The molecular formula is C28H38F2N2O3. The van der Waals surface area contributed by atoms with Crippen molar-refractivity contribution in [1.82, 2.24) is 10.6 Å². The first kappa shape index (κ1) is 27.1. The van der Waals surface area contributed by atoms with E-state index in [9.17, 15) is 23.8 Å². The Bertz CT molecular complexity index is 1000. The highest BCUT2D eigenvalue weighted by Crippen LogP contribution is 2.41. The zero-order chi connectivity index (χ0) is 25.8. The number of nitrogens with one attached hydrogen (secondary N) is 2. The number of halogens is 2. The monoisotopic (exact) mass is 488 g/mol. The minimum absolute atomic E-state index is 0.00622. The van der Waals surface area contributed by atoms with Crippen LogP contribution in [0.1, 0.15) is 70.1 Å². The lowest BCUT2D eigenvalue weighted by atomic mass is 9.71. The topological polar surface area (TPSA) is 81.6 Å². The van der Waals surface area contributed by atoms with E-state index in [1.807, 2.05) is 0 Å². The minimum atomic E-state index is -1.30. The van der Waals surface area contributed by atoms with Gasteiger partial charge in [-0.2, -0.15) is 0 Å². The molecule has 0 aromatic heterocycles. The van der Waals surface area contributed by atoms with Crippen LogP contribution in [0.15, 0.2) is 42.5 Å². The van der Waals surface area contributed by atoms with Gasteiger partial charge in [-0.05, 0) is 59.4 Å². The predicted octanol–water partition coefficient (Wildman–Crippen LogP) is 5.50. The van der Waals surface area contributed by atoms with Crippen LogP contribution in [0.3, 0.4) is 0 Å². The number of rotatable bonds is 8. The molecule has 0 radical (unpaired) electrons. The molecule has 4 N–H and O–H groups in total. The summed E-state index contributed by atoms with van der Waals surface area (Å²) >= 11 is 0. The van der Waals surface area contributed by atoms with Gasteiger partial charge < -0.3 is 20.8 Å². The molecule has 1 saturated carbocycles. The summed E-state index contributed by atoms with van der Waals surface area (Å²) in [6.45, 7) is 8.90. The number of carboxylic acid groups (broad SMARTS) is 1. The van der Waals surface area contributed by atoms with Crippen LogP contribution in [0.4, 0.5) is 13.6 Å². The smallest absolute Gasteiger partial charge is 0.404 e. The van der Waals surface area contributed by atoms with Gasteiger partial charge >= 0.3 is 6.09 Å². The molecule has 1 aliphatic carbocycles. The zero-order valence-electron chi connectivity index (χ0n) is 21.1. The number of hydrogen-bond donors (Lipinski definition) is 4. The molecule has 192 valence electrons. The summed E-state index contributed by atoms with van der Waals surface area (Å²) in [6, 6.07) is 10.7. The maximum absolute atomic E-state index is 13.7. The fourth-order valence-corrected chi connectivity index (χ4v) is 5.23. The van der Waals surface area contributed by atoms with Gasteiger partial charge in [-0.25, -0.2) is 13.6 Å². The molecule has 1 amide bonds. The second-order valence-electron chi connectivity index (χ2n) is 11.1. The van der Waals surface area contributed by atoms with E-state index in [1.54, 1.807) is 0 Å². The van der Waals surface area contributed by atoms with Gasteiger partial charge in [0.1, 0.15) is 11.6 Å². The summed E-state index contributed by atoms with van der Waals surface area (Å²) in [5.41, 5.74) is 2.32. The lowest BCUT2D eigenvalue weighted by molar-refractivity contribution is 0.0944. The highest BCUT2D eigenvalue weighted by atomic mass is 19.1. The summed E-state index contributed by atoms with van der Waals surface area (Å²) in [5, 5.41) is 26.3.